The molecule has 138 valence electrons. The van der Waals surface area contributed by atoms with Gasteiger partial charge in [0.25, 0.3) is 5.91 Å². The van der Waals surface area contributed by atoms with Gasteiger partial charge in [0, 0.05) is 5.69 Å². The van der Waals surface area contributed by atoms with Gasteiger partial charge in [-0.05, 0) is 39.8 Å². The highest BCUT2D eigenvalue weighted by atomic mass is 16.6. The van der Waals surface area contributed by atoms with E-state index in [-0.39, 0.29) is 23.6 Å². The van der Waals surface area contributed by atoms with Gasteiger partial charge in [-0.2, -0.15) is 5.10 Å². The third-order valence-electron chi connectivity index (χ3n) is 3.80. The second-order valence-corrected chi connectivity index (χ2v) is 5.92. The van der Waals surface area contributed by atoms with E-state index in [2.05, 4.69) is 10.4 Å². The molecule has 0 aliphatic carbocycles. The minimum absolute atomic E-state index is 0.136. The molecule has 1 N–H and O–H groups in total. The van der Waals surface area contributed by atoms with Crippen LogP contribution in [-0.2, 0) is 20.9 Å². The first-order valence-electron chi connectivity index (χ1n) is 7.94. The molecule has 2 rings (SSSR count). The van der Waals surface area contributed by atoms with Crippen LogP contribution >= 0.6 is 0 Å². The number of rotatable bonds is 6. The fourth-order valence-corrected chi connectivity index (χ4v) is 2.40. The van der Waals surface area contributed by atoms with Crippen LogP contribution in [0.15, 0.2) is 24.3 Å². The molecule has 0 aliphatic heterocycles. The highest BCUT2D eigenvalue weighted by molar-refractivity contribution is 5.95. The zero-order valence-electron chi connectivity index (χ0n) is 15.0. The molecule has 1 aromatic heterocycles. The predicted molar refractivity (Wildman–Crippen MR) is 93.7 cm³/mol. The summed E-state index contributed by atoms with van der Waals surface area (Å²) < 4.78 is 6.29. The summed E-state index contributed by atoms with van der Waals surface area (Å²) in [4.78, 5) is 34.6. The number of carbonyl (C=O) groups is 2. The Morgan fingerprint density at radius 2 is 1.88 bits per heavy atom. The first kappa shape index (κ1) is 19.1. The molecular weight excluding hydrogens is 340 g/mol. The van der Waals surface area contributed by atoms with Gasteiger partial charge >= 0.3 is 11.7 Å². The highest BCUT2D eigenvalue weighted by Gasteiger charge is 2.24. The van der Waals surface area contributed by atoms with Gasteiger partial charge in [0.2, 0.25) is 0 Å². The number of hydrogen-bond acceptors (Lipinski definition) is 6. The molecule has 1 heterocycles. The SMILES string of the molecule is Cc1ccc(NC(=O)[C@@H](C)OC(=O)Cn2nc(C)c([N+](=O)[O-])c2C)cc1. The van der Waals surface area contributed by atoms with Crippen molar-refractivity contribution in [2.75, 3.05) is 5.32 Å². The Morgan fingerprint density at radius 3 is 2.42 bits per heavy atom. The van der Waals surface area contributed by atoms with Crippen LogP contribution in [0.2, 0.25) is 0 Å². The van der Waals surface area contributed by atoms with Crippen LogP contribution in [0.5, 0.6) is 0 Å². The number of aryl methyl sites for hydroxylation is 2. The molecule has 26 heavy (non-hydrogen) atoms. The largest absolute Gasteiger partial charge is 0.451 e. The Balaban J connectivity index is 1.96. The molecule has 0 bridgehead atoms. The first-order chi connectivity index (χ1) is 12.2. The van der Waals surface area contributed by atoms with Crippen molar-refractivity contribution in [2.24, 2.45) is 0 Å². The summed E-state index contributed by atoms with van der Waals surface area (Å²) in [6.45, 7) is 6.05. The maximum Gasteiger partial charge on any atom is 0.328 e. The quantitative estimate of drug-likeness (QED) is 0.480. The maximum absolute atomic E-state index is 12.1. The fourth-order valence-electron chi connectivity index (χ4n) is 2.40. The van der Waals surface area contributed by atoms with E-state index in [1.165, 1.54) is 25.5 Å². The smallest absolute Gasteiger partial charge is 0.328 e. The summed E-state index contributed by atoms with van der Waals surface area (Å²) in [7, 11) is 0. The molecule has 0 spiro atoms. The molecule has 2 aromatic rings. The van der Waals surface area contributed by atoms with Gasteiger partial charge in [-0.1, -0.05) is 17.7 Å². The van der Waals surface area contributed by atoms with Crippen molar-refractivity contribution in [3.8, 4) is 0 Å². The van der Waals surface area contributed by atoms with Gasteiger partial charge < -0.3 is 10.1 Å². The molecular formula is C17H20N4O5. The van der Waals surface area contributed by atoms with Crippen molar-refractivity contribution < 1.29 is 19.2 Å². The van der Waals surface area contributed by atoms with Gasteiger partial charge in [0.05, 0.1) is 4.92 Å². The van der Waals surface area contributed by atoms with Gasteiger partial charge in [-0.3, -0.25) is 24.4 Å². The number of esters is 1. The van der Waals surface area contributed by atoms with Gasteiger partial charge in [0.1, 0.15) is 17.9 Å². The summed E-state index contributed by atoms with van der Waals surface area (Å²) in [5.41, 5.74) is 1.98. The molecule has 1 atom stereocenters. The molecule has 1 aromatic carbocycles. The summed E-state index contributed by atoms with van der Waals surface area (Å²) in [6.07, 6.45) is -1.02. The first-order valence-corrected chi connectivity index (χ1v) is 7.94. The second-order valence-electron chi connectivity index (χ2n) is 5.92. The number of benzene rings is 1. The Bertz CT molecular complexity index is 842. The van der Waals surface area contributed by atoms with E-state index in [1.54, 1.807) is 12.1 Å². The van der Waals surface area contributed by atoms with E-state index < -0.39 is 22.9 Å². The van der Waals surface area contributed by atoms with E-state index in [9.17, 15) is 19.7 Å². The third-order valence-corrected chi connectivity index (χ3v) is 3.80. The van der Waals surface area contributed by atoms with Crippen molar-refractivity contribution in [1.82, 2.24) is 9.78 Å². The van der Waals surface area contributed by atoms with E-state index in [4.69, 9.17) is 4.74 Å². The molecule has 0 unspecified atom stereocenters. The molecule has 0 fully saturated rings. The summed E-state index contributed by atoms with van der Waals surface area (Å²) in [5, 5.41) is 17.6. The molecule has 9 nitrogen and oxygen atoms in total. The van der Waals surface area contributed by atoms with Crippen LogP contribution in [0, 0.1) is 30.9 Å². The van der Waals surface area contributed by atoms with E-state index in [1.807, 2.05) is 19.1 Å². The average Bonchev–Trinajstić information content (AvgIpc) is 2.83. The molecule has 0 radical (unpaired) electrons. The fraction of sp³-hybridized carbons (Fsp3) is 0.353. The van der Waals surface area contributed by atoms with E-state index in [0.29, 0.717) is 5.69 Å². The minimum Gasteiger partial charge on any atom is -0.451 e. The van der Waals surface area contributed by atoms with Crippen LogP contribution in [0.25, 0.3) is 0 Å². The molecule has 9 heteroatoms. The average molecular weight is 360 g/mol. The monoisotopic (exact) mass is 360 g/mol. The zero-order chi connectivity index (χ0) is 19.4. The molecule has 1 amide bonds. The van der Waals surface area contributed by atoms with Crippen molar-refractivity contribution in [2.45, 2.75) is 40.3 Å². The predicted octanol–water partition coefficient (Wildman–Crippen LogP) is 2.29. The van der Waals surface area contributed by atoms with E-state index >= 15 is 0 Å². The Kier molecular flexibility index (Phi) is 5.71. The number of ether oxygens (including phenoxy) is 1. The normalized spacial score (nSPS) is 11.7. The number of nitrogens with zero attached hydrogens (tertiary/aromatic N) is 3. The van der Waals surface area contributed by atoms with Crippen molar-refractivity contribution in [3.05, 3.63) is 51.3 Å². The number of aromatic nitrogens is 2. The Morgan fingerprint density at radius 1 is 1.27 bits per heavy atom. The topological polar surface area (TPSA) is 116 Å². The third kappa shape index (κ3) is 4.44. The highest BCUT2D eigenvalue weighted by Crippen LogP contribution is 2.21. The molecule has 0 saturated heterocycles. The van der Waals surface area contributed by atoms with Gasteiger partial charge in [-0.25, -0.2) is 0 Å². The summed E-state index contributed by atoms with van der Waals surface area (Å²) >= 11 is 0. The van der Waals surface area contributed by atoms with Crippen LogP contribution in [0.1, 0.15) is 23.9 Å². The zero-order valence-corrected chi connectivity index (χ0v) is 15.0. The number of anilines is 1. The van der Waals surface area contributed by atoms with Gasteiger partial charge in [0.15, 0.2) is 6.10 Å². The maximum atomic E-state index is 12.1. The number of nitro groups is 1. The molecule has 0 saturated carbocycles. The lowest BCUT2D eigenvalue weighted by molar-refractivity contribution is -0.386. The lowest BCUT2D eigenvalue weighted by atomic mass is 10.2. The number of amides is 1. The minimum atomic E-state index is -1.02. The number of nitrogens with one attached hydrogen (secondary N) is 1. The van der Waals surface area contributed by atoms with Crippen molar-refractivity contribution in [3.63, 3.8) is 0 Å². The Labute approximate surface area is 150 Å². The summed E-state index contributed by atoms with van der Waals surface area (Å²) in [6, 6.07) is 7.19. The van der Waals surface area contributed by atoms with Gasteiger partial charge in [-0.15, -0.1) is 0 Å². The van der Waals surface area contributed by atoms with E-state index in [0.717, 1.165) is 5.56 Å². The van der Waals surface area contributed by atoms with Crippen molar-refractivity contribution >= 4 is 23.3 Å². The van der Waals surface area contributed by atoms with Crippen LogP contribution < -0.4 is 5.32 Å². The summed E-state index contributed by atoms with van der Waals surface area (Å²) in [5.74, 6) is -1.18. The second kappa shape index (κ2) is 7.77. The van der Waals surface area contributed by atoms with Crippen LogP contribution in [-0.4, -0.2) is 32.7 Å². The number of carbonyl (C=O) groups excluding carboxylic acids is 2. The standard InChI is InChI=1S/C17H20N4O5/c1-10-5-7-14(8-6-10)18-17(23)13(4)26-15(22)9-20-12(3)16(21(24)25)11(2)19-20/h5-8,13H,9H2,1-4H3,(H,18,23)/t13-/m1/s1. The Hall–Kier alpha value is -3.23. The van der Waals surface area contributed by atoms with Crippen LogP contribution in [0.3, 0.4) is 0 Å². The van der Waals surface area contributed by atoms with Crippen molar-refractivity contribution in [1.29, 1.82) is 0 Å². The number of hydrogen-bond donors (Lipinski definition) is 1. The molecule has 0 aliphatic rings. The van der Waals surface area contributed by atoms with Crippen LogP contribution in [0.4, 0.5) is 11.4 Å². The lowest BCUT2D eigenvalue weighted by Crippen LogP contribution is -2.31. The lowest BCUT2D eigenvalue weighted by Gasteiger charge is -2.14.